The summed E-state index contributed by atoms with van der Waals surface area (Å²) in [6.45, 7) is 12.2. The van der Waals surface area contributed by atoms with Crippen molar-refractivity contribution in [2.24, 2.45) is 5.92 Å². The molecule has 1 atom stereocenters. The summed E-state index contributed by atoms with van der Waals surface area (Å²) in [6.07, 6.45) is 1.24. The van der Waals surface area contributed by atoms with Crippen LogP contribution in [0.25, 0.3) is 0 Å². The van der Waals surface area contributed by atoms with Gasteiger partial charge >= 0.3 is 0 Å². The first-order valence-corrected chi connectivity index (χ1v) is 6.01. The maximum Gasteiger partial charge on any atom is 0.231 e. The van der Waals surface area contributed by atoms with E-state index < -0.39 is 0 Å². The molecule has 0 saturated carbocycles. The predicted octanol–water partition coefficient (Wildman–Crippen LogP) is 2.84. The predicted molar refractivity (Wildman–Crippen MR) is 63.5 cm³/mol. The largest absolute Gasteiger partial charge is 0.283 e. The van der Waals surface area contributed by atoms with Gasteiger partial charge in [0.25, 0.3) is 0 Å². The number of amides is 2. The van der Waals surface area contributed by atoms with Crippen LogP contribution < -0.4 is 0 Å². The highest BCUT2D eigenvalue weighted by Gasteiger charge is 2.29. The molecule has 1 rings (SSSR count). The quantitative estimate of drug-likeness (QED) is 0.631. The van der Waals surface area contributed by atoms with Gasteiger partial charge in [0, 0.05) is 18.9 Å². The molecule has 3 heteroatoms. The summed E-state index contributed by atoms with van der Waals surface area (Å²) in [4.78, 5) is 23.7. The first-order chi connectivity index (χ1) is 7.16. The number of piperidine rings is 1. The topological polar surface area (TPSA) is 37.4 Å². The molecule has 0 bridgehead atoms. The molecule has 15 heavy (non-hydrogen) atoms. The minimum absolute atomic E-state index is 0.0104. The zero-order valence-corrected chi connectivity index (χ0v) is 11.0. The Morgan fingerprint density at radius 2 is 1.67 bits per heavy atom. The molecule has 0 radical (unpaired) electrons. The van der Waals surface area contributed by atoms with Crippen LogP contribution in [0, 0.1) is 5.92 Å². The number of carbonyl (C=O) groups is 2. The van der Waals surface area contributed by atoms with E-state index in [0.29, 0.717) is 19.4 Å². The lowest BCUT2D eigenvalue weighted by atomic mass is 9.99. The minimum Gasteiger partial charge on any atom is -0.283 e. The first-order valence-electron chi connectivity index (χ1n) is 6.01. The van der Waals surface area contributed by atoms with Gasteiger partial charge in [-0.3, -0.25) is 14.5 Å². The third-order valence-corrected chi connectivity index (χ3v) is 2.10. The van der Waals surface area contributed by atoms with Crippen molar-refractivity contribution in [2.75, 3.05) is 6.54 Å². The van der Waals surface area contributed by atoms with Gasteiger partial charge in [0.05, 0.1) is 0 Å². The van der Waals surface area contributed by atoms with Crippen LogP contribution in [0.15, 0.2) is 0 Å². The van der Waals surface area contributed by atoms with Crippen LogP contribution in [0.3, 0.4) is 0 Å². The molecule has 3 nitrogen and oxygen atoms in total. The standard InChI is InChI=1S/C8H13NO2.2C2H6/c1-3-9-7(10)5-4-6(2)8(9)11;2*1-2/h6H,3-5H2,1-2H3;2*1-2H3. The molecule has 1 heterocycles. The fourth-order valence-corrected chi connectivity index (χ4v) is 1.32. The fraction of sp³-hybridized carbons (Fsp3) is 0.833. The number of imide groups is 1. The minimum atomic E-state index is -0.0180. The molecule has 1 aliphatic heterocycles. The number of carbonyl (C=O) groups excluding carboxylic acids is 2. The SMILES string of the molecule is CC.CC.CCN1C(=O)CCC(C)C1=O. The monoisotopic (exact) mass is 215 g/mol. The number of hydrogen-bond acceptors (Lipinski definition) is 2. The molecule has 0 aromatic carbocycles. The van der Waals surface area contributed by atoms with Crippen LogP contribution in [0.1, 0.15) is 54.4 Å². The molecule has 1 aliphatic rings. The van der Waals surface area contributed by atoms with Crippen molar-refractivity contribution in [1.29, 1.82) is 0 Å². The maximum atomic E-state index is 11.3. The van der Waals surface area contributed by atoms with Gasteiger partial charge in [-0.1, -0.05) is 34.6 Å². The summed E-state index contributed by atoms with van der Waals surface area (Å²) in [5.41, 5.74) is 0. The summed E-state index contributed by atoms with van der Waals surface area (Å²) in [5.74, 6) is 0.00648. The maximum absolute atomic E-state index is 11.3. The highest BCUT2D eigenvalue weighted by atomic mass is 16.2. The first kappa shape index (κ1) is 16.6. The van der Waals surface area contributed by atoms with Crippen molar-refractivity contribution in [2.45, 2.75) is 54.4 Å². The van der Waals surface area contributed by atoms with Crippen LogP contribution in [-0.2, 0) is 9.59 Å². The van der Waals surface area contributed by atoms with Crippen LogP contribution in [0.5, 0.6) is 0 Å². The number of hydrogen-bond donors (Lipinski definition) is 0. The Kier molecular flexibility index (Phi) is 10.7. The van der Waals surface area contributed by atoms with Crippen LogP contribution in [0.2, 0.25) is 0 Å². The number of nitrogens with zero attached hydrogens (tertiary/aromatic N) is 1. The van der Waals surface area contributed by atoms with Gasteiger partial charge in [-0.15, -0.1) is 0 Å². The highest BCUT2D eigenvalue weighted by molar-refractivity contribution is 5.98. The molecule has 1 saturated heterocycles. The molecular weight excluding hydrogens is 190 g/mol. The average Bonchev–Trinajstić information content (AvgIpc) is 2.30. The van der Waals surface area contributed by atoms with Gasteiger partial charge in [0.2, 0.25) is 11.8 Å². The van der Waals surface area contributed by atoms with Gasteiger partial charge in [0.1, 0.15) is 0 Å². The molecule has 2 amide bonds. The van der Waals surface area contributed by atoms with Crippen molar-refractivity contribution >= 4 is 11.8 Å². The normalized spacial score (nSPS) is 19.9. The van der Waals surface area contributed by atoms with Crippen molar-refractivity contribution in [3.63, 3.8) is 0 Å². The van der Waals surface area contributed by atoms with Gasteiger partial charge in [-0.2, -0.15) is 0 Å². The number of rotatable bonds is 1. The Balaban J connectivity index is 0. The van der Waals surface area contributed by atoms with Crippen molar-refractivity contribution in [3.8, 4) is 0 Å². The van der Waals surface area contributed by atoms with Gasteiger partial charge in [-0.05, 0) is 13.3 Å². The molecule has 0 aromatic rings. The number of likely N-dealkylation sites (tertiary alicyclic amines) is 1. The van der Waals surface area contributed by atoms with E-state index in [1.54, 1.807) is 0 Å². The molecular formula is C12H25NO2. The van der Waals surface area contributed by atoms with Crippen molar-refractivity contribution in [3.05, 3.63) is 0 Å². The molecule has 1 unspecified atom stereocenters. The lowest BCUT2D eigenvalue weighted by molar-refractivity contribution is -0.150. The summed E-state index contributed by atoms with van der Waals surface area (Å²) in [5, 5.41) is 0. The third-order valence-electron chi connectivity index (χ3n) is 2.10. The van der Waals surface area contributed by atoms with E-state index in [-0.39, 0.29) is 17.7 Å². The van der Waals surface area contributed by atoms with Crippen LogP contribution >= 0.6 is 0 Å². The van der Waals surface area contributed by atoms with Gasteiger partial charge in [-0.25, -0.2) is 0 Å². The third kappa shape index (κ3) is 4.96. The molecule has 0 spiro atoms. The van der Waals surface area contributed by atoms with Crippen LogP contribution in [-0.4, -0.2) is 23.3 Å². The molecule has 1 fully saturated rings. The Morgan fingerprint density at radius 3 is 2.00 bits per heavy atom. The Hall–Kier alpha value is -0.860. The molecule has 0 aliphatic carbocycles. The Morgan fingerprint density at radius 1 is 1.20 bits per heavy atom. The summed E-state index contributed by atoms with van der Waals surface area (Å²) in [7, 11) is 0. The zero-order chi connectivity index (χ0) is 12.4. The van der Waals surface area contributed by atoms with E-state index in [9.17, 15) is 9.59 Å². The Bertz CT molecular complexity index is 190. The van der Waals surface area contributed by atoms with E-state index in [4.69, 9.17) is 0 Å². The summed E-state index contributed by atoms with van der Waals surface area (Å²) >= 11 is 0. The van der Waals surface area contributed by atoms with Crippen molar-refractivity contribution in [1.82, 2.24) is 4.90 Å². The fourth-order valence-electron chi connectivity index (χ4n) is 1.32. The van der Waals surface area contributed by atoms with E-state index in [2.05, 4.69) is 0 Å². The second kappa shape index (κ2) is 9.69. The molecule has 0 aromatic heterocycles. The van der Waals surface area contributed by atoms with Crippen molar-refractivity contribution < 1.29 is 9.59 Å². The zero-order valence-electron chi connectivity index (χ0n) is 11.0. The van der Waals surface area contributed by atoms with E-state index in [1.165, 1.54) is 4.90 Å². The van der Waals surface area contributed by atoms with E-state index in [0.717, 1.165) is 0 Å². The average molecular weight is 215 g/mol. The molecule has 0 N–H and O–H groups in total. The smallest absolute Gasteiger partial charge is 0.231 e. The van der Waals surface area contributed by atoms with E-state index >= 15 is 0 Å². The van der Waals surface area contributed by atoms with E-state index in [1.807, 2.05) is 41.5 Å². The lowest BCUT2D eigenvalue weighted by Crippen LogP contribution is -2.43. The van der Waals surface area contributed by atoms with Gasteiger partial charge < -0.3 is 0 Å². The second-order valence-electron chi connectivity index (χ2n) is 2.92. The summed E-state index contributed by atoms with van der Waals surface area (Å²) < 4.78 is 0. The van der Waals surface area contributed by atoms with Gasteiger partial charge in [0.15, 0.2) is 0 Å². The summed E-state index contributed by atoms with van der Waals surface area (Å²) in [6, 6.07) is 0. The Labute approximate surface area is 93.8 Å². The highest BCUT2D eigenvalue weighted by Crippen LogP contribution is 2.17. The molecule has 90 valence electrons. The lowest BCUT2D eigenvalue weighted by Gasteiger charge is -2.27. The second-order valence-corrected chi connectivity index (χ2v) is 2.92. The van der Waals surface area contributed by atoms with Crippen LogP contribution in [0.4, 0.5) is 0 Å².